The van der Waals surface area contributed by atoms with Crippen LogP contribution in [0.15, 0.2) is 47.4 Å². The zero-order valence-electron chi connectivity index (χ0n) is 14.6. The van der Waals surface area contributed by atoms with Crippen LogP contribution in [0.4, 0.5) is 5.69 Å². The molecule has 0 fully saturated rings. The summed E-state index contributed by atoms with van der Waals surface area (Å²) >= 11 is 0. The fourth-order valence-electron chi connectivity index (χ4n) is 2.72. The van der Waals surface area contributed by atoms with Crippen LogP contribution in [-0.2, 0) is 6.54 Å². The SMILES string of the molecule is COc1ccc(CNC(=O)c2c3cc(=O)c([N+](=O)[O-])cc-3cn(O)c2O)cc1. The molecule has 3 rings (SSSR count). The van der Waals surface area contributed by atoms with E-state index in [4.69, 9.17) is 4.74 Å². The molecular formula is C18H15N3O7. The van der Waals surface area contributed by atoms with Gasteiger partial charge in [0.1, 0.15) is 11.3 Å². The number of non-ortho nitro benzene ring substituents is 1. The summed E-state index contributed by atoms with van der Waals surface area (Å²) in [6.07, 6.45) is 0.970. The third-order valence-electron chi connectivity index (χ3n) is 4.14. The van der Waals surface area contributed by atoms with Crippen LogP contribution in [0.5, 0.6) is 11.6 Å². The molecular weight excluding hydrogens is 370 g/mol. The molecule has 1 aromatic rings. The zero-order valence-corrected chi connectivity index (χ0v) is 14.6. The first-order chi connectivity index (χ1) is 13.3. The highest BCUT2D eigenvalue weighted by Gasteiger charge is 2.26. The van der Waals surface area contributed by atoms with Crippen molar-refractivity contribution < 1.29 is 24.8 Å². The average molecular weight is 385 g/mol. The second kappa shape index (κ2) is 7.27. The molecule has 10 nitrogen and oxygen atoms in total. The van der Waals surface area contributed by atoms with E-state index in [0.717, 1.165) is 23.9 Å². The smallest absolute Gasteiger partial charge is 0.316 e. The highest BCUT2D eigenvalue weighted by atomic mass is 16.6. The Balaban J connectivity index is 1.97. The molecule has 0 bridgehead atoms. The van der Waals surface area contributed by atoms with Crippen molar-refractivity contribution in [2.45, 2.75) is 6.54 Å². The molecule has 1 heterocycles. The Morgan fingerprint density at radius 2 is 1.96 bits per heavy atom. The standard InChI is InChI=1S/C18H15N3O7/c1-28-12-4-2-10(3-5-12)8-19-17(23)16-13-7-15(22)14(21(26)27)6-11(13)9-20(25)18(16)24/h2-7,9,24-25H,8H2,1H3,(H,19,23). The molecule has 3 N–H and O–H groups in total. The number of nitro groups is 1. The molecule has 144 valence electrons. The number of carbonyl (C=O) groups excluding carboxylic acids is 1. The van der Waals surface area contributed by atoms with Crippen LogP contribution in [0.25, 0.3) is 11.1 Å². The first-order valence-electron chi connectivity index (χ1n) is 7.99. The molecule has 0 aromatic heterocycles. The van der Waals surface area contributed by atoms with E-state index in [1.807, 2.05) is 0 Å². The minimum atomic E-state index is -0.920. The van der Waals surface area contributed by atoms with Gasteiger partial charge in [-0.05, 0) is 17.7 Å². The van der Waals surface area contributed by atoms with Gasteiger partial charge in [-0.2, -0.15) is 4.73 Å². The number of benzene rings is 2. The maximum Gasteiger partial charge on any atom is 0.316 e. The van der Waals surface area contributed by atoms with E-state index in [0.29, 0.717) is 5.75 Å². The van der Waals surface area contributed by atoms with E-state index in [1.54, 1.807) is 24.3 Å². The van der Waals surface area contributed by atoms with E-state index in [9.17, 15) is 30.0 Å². The number of nitrogens with zero attached hydrogens (tertiary/aromatic N) is 2. The minimum Gasteiger partial charge on any atom is -0.497 e. The van der Waals surface area contributed by atoms with Gasteiger partial charge in [-0.3, -0.25) is 19.7 Å². The van der Waals surface area contributed by atoms with E-state index >= 15 is 0 Å². The van der Waals surface area contributed by atoms with Gasteiger partial charge in [-0.25, -0.2) is 0 Å². The maximum absolute atomic E-state index is 12.6. The number of pyridine rings is 1. The number of aromatic hydroxyl groups is 1. The lowest BCUT2D eigenvalue weighted by Gasteiger charge is -2.15. The van der Waals surface area contributed by atoms with E-state index < -0.39 is 27.8 Å². The van der Waals surface area contributed by atoms with Gasteiger partial charge in [0.2, 0.25) is 5.88 Å². The van der Waals surface area contributed by atoms with Gasteiger partial charge in [0.05, 0.1) is 18.2 Å². The summed E-state index contributed by atoms with van der Waals surface area (Å²) in [6, 6.07) is 8.70. The van der Waals surface area contributed by atoms with Crippen molar-refractivity contribution >= 4 is 11.6 Å². The van der Waals surface area contributed by atoms with Gasteiger partial charge in [0.25, 0.3) is 11.3 Å². The third-order valence-corrected chi connectivity index (χ3v) is 4.14. The molecule has 0 unspecified atom stereocenters. The number of hydrogen-bond donors (Lipinski definition) is 3. The van der Waals surface area contributed by atoms with Crippen molar-refractivity contribution in [3.05, 3.63) is 74.1 Å². The number of hydrogen-bond acceptors (Lipinski definition) is 7. The molecule has 1 aliphatic carbocycles. The van der Waals surface area contributed by atoms with Crippen molar-refractivity contribution in [1.29, 1.82) is 0 Å². The minimum absolute atomic E-state index is 0.0226. The topological polar surface area (TPSA) is 144 Å². The van der Waals surface area contributed by atoms with Crippen LogP contribution in [0.3, 0.4) is 0 Å². The van der Waals surface area contributed by atoms with Crippen molar-refractivity contribution in [2.24, 2.45) is 0 Å². The molecule has 0 spiro atoms. The Kier molecular flexibility index (Phi) is 4.86. The number of methoxy groups -OCH3 is 1. The highest BCUT2D eigenvalue weighted by Crippen LogP contribution is 2.32. The van der Waals surface area contributed by atoms with Crippen LogP contribution in [0, 0.1) is 10.1 Å². The molecule has 28 heavy (non-hydrogen) atoms. The van der Waals surface area contributed by atoms with Crippen molar-refractivity contribution in [3.8, 4) is 22.8 Å². The largest absolute Gasteiger partial charge is 0.497 e. The molecule has 10 heteroatoms. The van der Waals surface area contributed by atoms with Gasteiger partial charge in [-0.15, -0.1) is 0 Å². The molecule has 0 saturated carbocycles. The van der Waals surface area contributed by atoms with Crippen molar-refractivity contribution in [3.63, 3.8) is 0 Å². The Bertz CT molecular complexity index is 1090. The monoisotopic (exact) mass is 385 g/mol. The van der Waals surface area contributed by atoms with Gasteiger partial charge in [0.15, 0.2) is 0 Å². The molecule has 0 atom stereocenters. The Morgan fingerprint density at radius 1 is 1.29 bits per heavy atom. The third kappa shape index (κ3) is 3.43. The first-order valence-corrected chi connectivity index (χ1v) is 7.99. The highest BCUT2D eigenvalue weighted by molar-refractivity contribution is 6.03. The van der Waals surface area contributed by atoms with Crippen LogP contribution in [0.2, 0.25) is 0 Å². The predicted octanol–water partition coefficient (Wildman–Crippen LogP) is 1.74. The normalized spacial score (nSPS) is 10.6. The number of fused-ring (bicyclic) bond motifs is 1. The van der Waals surface area contributed by atoms with Gasteiger partial charge < -0.3 is 20.4 Å². The average Bonchev–Trinajstić information content (AvgIpc) is 2.67. The molecule has 0 radical (unpaired) electrons. The van der Waals surface area contributed by atoms with Crippen LogP contribution >= 0.6 is 0 Å². The molecule has 1 aromatic carbocycles. The molecule has 1 amide bonds. The lowest BCUT2D eigenvalue weighted by Crippen LogP contribution is -2.25. The second-order valence-corrected chi connectivity index (χ2v) is 5.87. The van der Waals surface area contributed by atoms with Gasteiger partial charge >= 0.3 is 5.69 Å². The summed E-state index contributed by atoms with van der Waals surface area (Å²) in [5, 5.41) is 33.4. The maximum atomic E-state index is 12.6. The lowest BCUT2D eigenvalue weighted by molar-refractivity contribution is -0.385. The van der Waals surface area contributed by atoms with E-state index in [2.05, 4.69) is 5.32 Å². The summed E-state index contributed by atoms with van der Waals surface area (Å²) in [5.74, 6) is -0.921. The quantitative estimate of drug-likeness (QED) is 0.345. The zero-order chi connectivity index (χ0) is 20.4. The number of ether oxygens (including phenoxy) is 1. The summed E-state index contributed by atoms with van der Waals surface area (Å²) in [4.78, 5) is 34.6. The summed E-state index contributed by atoms with van der Waals surface area (Å²) in [5.41, 5.74) is -1.24. The Hall–Kier alpha value is -4.08. The molecule has 1 aliphatic heterocycles. The number of aromatic nitrogens is 1. The Morgan fingerprint density at radius 3 is 2.57 bits per heavy atom. The van der Waals surface area contributed by atoms with Crippen molar-refractivity contribution in [2.75, 3.05) is 7.11 Å². The van der Waals surface area contributed by atoms with Crippen molar-refractivity contribution in [1.82, 2.24) is 10.0 Å². The fourth-order valence-corrected chi connectivity index (χ4v) is 2.72. The predicted molar refractivity (Wildman–Crippen MR) is 97.0 cm³/mol. The molecule has 0 saturated heterocycles. The number of nitro benzene ring substituents is 1. The summed E-state index contributed by atoms with van der Waals surface area (Å²) < 4.78 is 5.31. The number of carbonyl (C=O) groups is 1. The number of rotatable bonds is 5. The first kappa shape index (κ1) is 18.7. The summed E-state index contributed by atoms with van der Waals surface area (Å²) in [6.45, 7) is 0.0985. The molecule has 2 aliphatic rings. The van der Waals surface area contributed by atoms with Crippen LogP contribution in [0.1, 0.15) is 15.9 Å². The number of amides is 1. The van der Waals surface area contributed by atoms with Crippen LogP contribution < -0.4 is 15.5 Å². The van der Waals surface area contributed by atoms with Gasteiger partial charge in [-0.1, -0.05) is 12.1 Å². The Labute approximate surface area is 157 Å². The van der Waals surface area contributed by atoms with E-state index in [-0.39, 0.29) is 28.0 Å². The van der Waals surface area contributed by atoms with Gasteiger partial charge in [0, 0.05) is 29.8 Å². The van der Waals surface area contributed by atoms with Crippen LogP contribution in [-0.4, -0.2) is 33.0 Å². The number of nitrogens with one attached hydrogen (secondary N) is 1. The lowest BCUT2D eigenvalue weighted by atomic mass is 9.98. The fraction of sp³-hybridized carbons (Fsp3) is 0.111. The summed E-state index contributed by atoms with van der Waals surface area (Å²) in [7, 11) is 1.53. The second-order valence-electron chi connectivity index (χ2n) is 5.87. The van der Waals surface area contributed by atoms with E-state index in [1.165, 1.54) is 7.11 Å².